The average molecular weight is 316 g/mol. The molecule has 1 rings (SSSR count). The fraction of sp³-hybridized carbons (Fsp3) is 0.700. The summed E-state index contributed by atoms with van der Waals surface area (Å²) in [6, 6.07) is 2.07. The van der Waals surface area contributed by atoms with Crippen molar-refractivity contribution < 1.29 is 9.53 Å². The van der Waals surface area contributed by atoms with E-state index in [0.717, 1.165) is 37.7 Å². The van der Waals surface area contributed by atoms with Crippen LogP contribution in [0.2, 0.25) is 0 Å². The van der Waals surface area contributed by atoms with Crippen LogP contribution in [0.3, 0.4) is 0 Å². The van der Waals surface area contributed by atoms with Gasteiger partial charge in [0, 0.05) is 0 Å². The molecule has 0 N–H and O–H groups in total. The summed E-state index contributed by atoms with van der Waals surface area (Å²) in [5.41, 5.74) is 2.13. The Bertz CT molecular complexity index is 510. The Morgan fingerprint density at radius 2 is 1.78 bits per heavy atom. The SMILES string of the molecule is CCCC(C)(CC)OC(=O)Cc1ccbcc1C(C)(C)CCC. The van der Waals surface area contributed by atoms with E-state index in [4.69, 9.17) is 4.74 Å². The van der Waals surface area contributed by atoms with Crippen molar-refractivity contribution in [1.82, 2.24) is 0 Å². The molecule has 0 aliphatic heterocycles. The molecule has 0 aliphatic rings. The topological polar surface area (TPSA) is 26.3 Å². The fourth-order valence-corrected chi connectivity index (χ4v) is 3.39. The molecular weight excluding hydrogens is 283 g/mol. The molecule has 1 atom stereocenters. The van der Waals surface area contributed by atoms with Gasteiger partial charge in [-0.25, -0.2) is 0 Å². The first-order valence-corrected chi connectivity index (χ1v) is 9.08. The van der Waals surface area contributed by atoms with E-state index in [-0.39, 0.29) is 17.0 Å². The minimum atomic E-state index is -0.334. The van der Waals surface area contributed by atoms with E-state index in [1.165, 1.54) is 5.56 Å². The van der Waals surface area contributed by atoms with Crippen LogP contribution >= 0.6 is 0 Å². The molecular formula is C20H33BO2. The second-order valence-corrected chi connectivity index (χ2v) is 7.50. The normalized spacial score (nSPS) is 14.2. The molecule has 0 spiro atoms. The van der Waals surface area contributed by atoms with E-state index in [2.05, 4.69) is 53.6 Å². The first kappa shape index (κ1) is 19.9. The van der Waals surface area contributed by atoms with Gasteiger partial charge in [0.2, 0.25) is 0 Å². The van der Waals surface area contributed by atoms with E-state index in [9.17, 15) is 4.79 Å². The Balaban J connectivity index is 2.91. The Labute approximate surface area is 143 Å². The van der Waals surface area contributed by atoms with Crippen LogP contribution in [-0.2, 0) is 21.4 Å². The molecule has 0 radical (unpaired) electrons. The molecule has 1 heterocycles. The zero-order valence-electron chi connectivity index (χ0n) is 15.9. The molecule has 0 aromatic carbocycles. The van der Waals surface area contributed by atoms with Gasteiger partial charge in [-0.15, -0.1) is 0 Å². The average Bonchev–Trinajstić information content (AvgIpc) is 2.47. The predicted molar refractivity (Wildman–Crippen MR) is 99.1 cm³/mol. The van der Waals surface area contributed by atoms with Crippen LogP contribution in [0.15, 0.2) is 18.0 Å². The zero-order chi connectivity index (χ0) is 17.5. The van der Waals surface area contributed by atoms with Gasteiger partial charge in [0.15, 0.2) is 0 Å². The molecule has 3 heteroatoms. The molecule has 0 saturated carbocycles. The third-order valence-corrected chi connectivity index (χ3v) is 4.84. The minimum absolute atomic E-state index is 0.0864. The summed E-state index contributed by atoms with van der Waals surface area (Å²) in [6.45, 7) is 15.0. The maximum atomic E-state index is 12.5. The summed E-state index contributed by atoms with van der Waals surface area (Å²) in [7, 11) is 0. The second kappa shape index (κ2) is 8.66. The monoisotopic (exact) mass is 316 g/mol. The van der Waals surface area contributed by atoms with Gasteiger partial charge in [-0.05, 0) is 0 Å². The van der Waals surface area contributed by atoms with Crippen LogP contribution in [-0.4, -0.2) is 18.5 Å². The van der Waals surface area contributed by atoms with E-state index >= 15 is 0 Å². The van der Waals surface area contributed by atoms with Crippen molar-refractivity contribution in [3.63, 3.8) is 0 Å². The van der Waals surface area contributed by atoms with Gasteiger partial charge in [0.25, 0.3) is 0 Å². The Hall–Kier alpha value is -1.12. The molecule has 0 aliphatic carbocycles. The second-order valence-electron chi connectivity index (χ2n) is 7.50. The van der Waals surface area contributed by atoms with Crippen molar-refractivity contribution in [3.8, 4) is 0 Å². The van der Waals surface area contributed by atoms with Gasteiger partial charge in [-0.1, -0.05) is 0 Å². The summed E-state index contributed by atoms with van der Waals surface area (Å²) in [6.07, 6.45) is 5.41. The van der Waals surface area contributed by atoms with E-state index in [0.29, 0.717) is 6.42 Å². The van der Waals surface area contributed by atoms with Crippen LogP contribution in [0.5, 0.6) is 0 Å². The molecule has 128 valence electrons. The Morgan fingerprint density at radius 1 is 1.13 bits per heavy atom. The standard InChI is InChI=1S/C20H33BO2/c1-7-11-19(4,5)17-15-21-13-10-16(17)14-18(22)23-20(6,9-3)12-8-2/h10,13,15H,7-9,11-12,14H2,1-6H3. The molecule has 0 saturated heterocycles. The Morgan fingerprint density at radius 3 is 2.35 bits per heavy atom. The predicted octanol–water partition coefficient (Wildman–Crippen LogP) is 5.16. The third kappa shape index (κ3) is 5.78. The van der Waals surface area contributed by atoms with Crippen LogP contribution in [0.25, 0.3) is 0 Å². The van der Waals surface area contributed by atoms with Crippen LogP contribution < -0.4 is 0 Å². The van der Waals surface area contributed by atoms with Crippen molar-refractivity contribution in [1.29, 1.82) is 0 Å². The summed E-state index contributed by atoms with van der Waals surface area (Å²) in [5.74, 6) is 4.06. The van der Waals surface area contributed by atoms with Gasteiger partial charge < -0.3 is 0 Å². The maximum absolute atomic E-state index is 12.5. The first-order chi connectivity index (χ1) is 10.8. The van der Waals surface area contributed by atoms with Crippen molar-refractivity contribution in [3.05, 3.63) is 29.1 Å². The summed E-state index contributed by atoms with van der Waals surface area (Å²) in [5, 5.41) is 0. The van der Waals surface area contributed by atoms with Crippen LogP contribution in [0, 0.1) is 0 Å². The molecule has 1 aromatic heterocycles. The number of hydrogen-bond acceptors (Lipinski definition) is 2. The number of carbonyl (C=O) groups excluding carboxylic acids is 1. The molecule has 23 heavy (non-hydrogen) atoms. The van der Waals surface area contributed by atoms with Gasteiger partial charge in [0.05, 0.1) is 0 Å². The summed E-state index contributed by atoms with van der Waals surface area (Å²) < 4.78 is 5.82. The van der Waals surface area contributed by atoms with Crippen molar-refractivity contribution >= 4 is 12.9 Å². The van der Waals surface area contributed by atoms with Gasteiger partial charge in [-0.3, -0.25) is 0 Å². The quantitative estimate of drug-likeness (QED) is 0.588. The number of rotatable bonds is 9. The molecule has 1 aromatic rings. The first-order valence-electron chi connectivity index (χ1n) is 9.08. The number of ether oxygens (including phenoxy) is 1. The summed E-state index contributed by atoms with van der Waals surface area (Å²) in [4.78, 5) is 12.5. The molecule has 0 bridgehead atoms. The zero-order valence-corrected chi connectivity index (χ0v) is 15.9. The van der Waals surface area contributed by atoms with Crippen molar-refractivity contribution in [2.45, 2.75) is 91.1 Å². The number of esters is 1. The molecule has 0 amide bonds. The fourth-order valence-electron chi connectivity index (χ4n) is 3.39. The van der Waals surface area contributed by atoms with E-state index < -0.39 is 0 Å². The van der Waals surface area contributed by atoms with Crippen LogP contribution in [0.4, 0.5) is 0 Å². The van der Waals surface area contributed by atoms with E-state index in [1.54, 1.807) is 0 Å². The van der Waals surface area contributed by atoms with Crippen LogP contribution in [0.1, 0.15) is 84.8 Å². The third-order valence-electron chi connectivity index (χ3n) is 4.84. The number of hydrogen-bond donors (Lipinski definition) is 0. The Kier molecular flexibility index (Phi) is 7.50. The van der Waals surface area contributed by atoms with Crippen molar-refractivity contribution in [2.75, 3.05) is 0 Å². The van der Waals surface area contributed by atoms with Crippen molar-refractivity contribution in [2.24, 2.45) is 0 Å². The van der Waals surface area contributed by atoms with Gasteiger partial charge in [0.1, 0.15) is 0 Å². The molecule has 1 unspecified atom stereocenters. The van der Waals surface area contributed by atoms with E-state index in [1.807, 2.05) is 12.9 Å². The summed E-state index contributed by atoms with van der Waals surface area (Å²) >= 11 is 0. The van der Waals surface area contributed by atoms with Gasteiger partial charge >= 0.3 is 143 Å². The molecule has 0 fully saturated rings. The van der Waals surface area contributed by atoms with Gasteiger partial charge in [-0.2, -0.15) is 0 Å². The number of carbonyl (C=O) groups is 1. The molecule has 2 nitrogen and oxygen atoms in total.